The third kappa shape index (κ3) is 3.36. The predicted octanol–water partition coefficient (Wildman–Crippen LogP) is 4.14. The lowest BCUT2D eigenvalue weighted by Gasteiger charge is -2.44. The number of thiophene rings is 1. The summed E-state index contributed by atoms with van der Waals surface area (Å²) < 4.78 is 6.47. The summed E-state index contributed by atoms with van der Waals surface area (Å²) in [6, 6.07) is 0. The smallest absolute Gasteiger partial charge is 0.225 e. The van der Waals surface area contributed by atoms with Gasteiger partial charge in [-0.05, 0) is 76.9 Å². The van der Waals surface area contributed by atoms with Crippen molar-refractivity contribution in [3.8, 4) is 5.88 Å². The van der Waals surface area contributed by atoms with Crippen molar-refractivity contribution in [3.63, 3.8) is 0 Å². The van der Waals surface area contributed by atoms with Crippen molar-refractivity contribution >= 4 is 21.6 Å². The van der Waals surface area contributed by atoms with Crippen LogP contribution in [0.1, 0.15) is 68.2 Å². The SMILES string of the molecule is CC[C@]1(N(C)C)CC[C@@H](Oc2ncnc3sc4c(c23)[C@@H](CCO)CC4)CC1. The minimum Gasteiger partial charge on any atom is -0.474 e. The molecule has 0 saturated heterocycles. The highest BCUT2D eigenvalue weighted by Gasteiger charge is 2.37. The number of rotatable bonds is 6. The van der Waals surface area contributed by atoms with E-state index in [1.54, 1.807) is 17.7 Å². The third-order valence-electron chi connectivity index (χ3n) is 6.92. The van der Waals surface area contributed by atoms with Crippen LogP contribution in [0.5, 0.6) is 5.88 Å². The molecule has 2 aliphatic rings. The molecular weight excluding hydrogens is 358 g/mol. The molecule has 5 nitrogen and oxygen atoms in total. The van der Waals surface area contributed by atoms with Crippen molar-refractivity contribution < 1.29 is 9.84 Å². The number of aryl methyl sites for hydroxylation is 1. The van der Waals surface area contributed by atoms with E-state index < -0.39 is 0 Å². The second-order valence-electron chi connectivity index (χ2n) is 8.34. The number of aromatic nitrogens is 2. The number of aliphatic hydroxyl groups excluding tert-OH is 1. The molecule has 27 heavy (non-hydrogen) atoms. The van der Waals surface area contributed by atoms with E-state index in [1.165, 1.54) is 29.7 Å². The lowest BCUT2D eigenvalue weighted by molar-refractivity contribution is 0.0402. The fourth-order valence-electron chi connectivity index (χ4n) is 5.10. The monoisotopic (exact) mass is 389 g/mol. The first-order chi connectivity index (χ1) is 13.1. The summed E-state index contributed by atoms with van der Waals surface area (Å²) in [5.74, 6) is 1.18. The minimum atomic E-state index is 0.232. The lowest BCUT2D eigenvalue weighted by atomic mass is 9.77. The van der Waals surface area contributed by atoms with E-state index in [1.807, 2.05) is 0 Å². The fraction of sp³-hybridized carbons (Fsp3) is 0.714. The maximum absolute atomic E-state index is 9.45. The van der Waals surface area contributed by atoms with Crippen molar-refractivity contribution in [2.75, 3.05) is 20.7 Å². The summed E-state index contributed by atoms with van der Waals surface area (Å²) in [4.78, 5) is 13.9. The van der Waals surface area contributed by atoms with Crippen molar-refractivity contribution in [2.45, 2.75) is 75.9 Å². The first-order valence-corrected chi connectivity index (χ1v) is 11.1. The van der Waals surface area contributed by atoms with E-state index in [0.717, 1.165) is 48.2 Å². The summed E-state index contributed by atoms with van der Waals surface area (Å²) in [6.45, 7) is 2.53. The molecule has 2 heterocycles. The molecule has 4 rings (SSSR count). The van der Waals surface area contributed by atoms with Crippen LogP contribution in [0.25, 0.3) is 10.2 Å². The van der Waals surface area contributed by atoms with Gasteiger partial charge in [-0.15, -0.1) is 11.3 Å². The topological polar surface area (TPSA) is 58.5 Å². The maximum atomic E-state index is 9.45. The average Bonchev–Trinajstić information content (AvgIpc) is 3.23. The van der Waals surface area contributed by atoms with Gasteiger partial charge in [-0.2, -0.15) is 0 Å². The molecule has 0 radical (unpaired) electrons. The molecule has 0 aromatic carbocycles. The number of hydrogen-bond donors (Lipinski definition) is 1. The van der Waals surface area contributed by atoms with Gasteiger partial charge in [0.2, 0.25) is 5.88 Å². The van der Waals surface area contributed by atoms with Gasteiger partial charge in [-0.3, -0.25) is 0 Å². The highest BCUT2D eigenvalue weighted by Crippen LogP contribution is 2.47. The Morgan fingerprint density at radius 3 is 2.70 bits per heavy atom. The second kappa shape index (κ2) is 7.64. The standard InChI is InChI=1S/C21H31N3O2S/c1-4-21(24(2)3)10-7-15(8-11-21)26-19-18-17-14(9-12-25)5-6-16(17)27-20(18)23-13-22-19/h13-15,25H,4-12H2,1-3H3/t14-,15-,21+/m1/s1. The third-order valence-corrected chi connectivity index (χ3v) is 8.09. The Kier molecular flexibility index (Phi) is 5.41. The van der Waals surface area contributed by atoms with Crippen molar-refractivity contribution in [2.24, 2.45) is 0 Å². The van der Waals surface area contributed by atoms with Gasteiger partial charge < -0.3 is 14.7 Å². The van der Waals surface area contributed by atoms with E-state index in [2.05, 4.69) is 35.9 Å². The summed E-state index contributed by atoms with van der Waals surface area (Å²) in [5.41, 5.74) is 1.67. The van der Waals surface area contributed by atoms with Crippen LogP contribution in [-0.2, 0) is 6.42 Å². The Bertz CT molecular complexity index is 796. The Hall–Kier alpha value is -1.24. The molecule has 1 fully saturated rings. The first kappa shape index (κ1) is 19.1. The Labute approximate surface area is 165 Å². The van der Waals surface area contributed by atoms with Crippen LogP contribution in [-0.4, -0.2) is 52.3 Å². The van der Waals surface area contributed by atoms with Gasteiger partial charge in [0, 0.05) is 17.0 Å². The molecule has 1 atom stereocenters. The van der Waals surface area contributed by atoms with Gasteiger partial charge in [0.05, 0.1) is 5.39 Å². The van der Waals surface area contributed by atoms with Crippen LogP contribution >= 0.6 is 11.3 Å². The molecule has 0 amide bonds. The highest BCUT2D eigenvalue weighted by atomic mass is 32.1. The van der Waals surface area contributed by atoms with Gasteiger partial charge >= 0.3 is 0 Å². The minimum absolute atomic E-state index is 0.232. The van der Waals surface area contributed by atoms with Gasteiger partial charge in [0.1, 0.15) is 17.3 Å². The van der Waals surface area contributed by atoms with Gasteiger partial charge in [-0.1, -0.05) is 6.92 Å². The van der Waals surface area contributed by atoms with Gasteiger partial charge in [0.25, 0.3) is 0 Å². The van der Waals surface area contributed by atoms with Crippen LogP contribution in [0.15, 0.2) is 6.33 Å². The van der Waals surface area contributed by atoms with Crippen LogP contribution in [0.4, 0.5) is 0 Å². The molecule has 148 valence electrons. The molecule has 0 spiro atoms. The Balaban J connectivity index is 1.57. The predicted molar refractivity (Wildman–Crippen MR) is 110 cm³/mol. The number of nitrogens with zero attached hydrogens (tertiary/aromatic N) is 3. The molecule has 0 bridgehead atoms. The molecule has 1 saturated carbocycles. The van der Waals surface area contributed by atoms with E-state index in [9.17, 15) is 5.11 Å². The maximum Gasteiger partial charge on any atom is 0.225 e. The van der Waals surface area contributed by atoms with Crippen molar-refractivity contribution in [1.82, 2.24) is 14.9 Å². The summed E-state index contributed by atoms with van der Waals surface area (Å²) in [5, 5.41) is 10.6. The zero-order valence-corrected chi connectivity index (χ0v) is 17.5. The fourth-order valence-corrected chi connectivity index (χ4v) is 6.33. The van der Waals surface area contributed by atoms with E-state index >= 15 is 0 Å². The first-order valence-electron chi connectivity index (χ1n) is 10.3. The molecule has 6 heteroatoms. The molecule has 2 aromatic rings. The Morgan fingerprint density at radius 2 is 2.04 bits per heavy atom. The molecule has 0 aliphatic heterocycles. The number of fused-ring (bicyclic) bond motifs is 3. The number of hydrogen-bond acceptors (Lipinski definition) is 6. The number of ether oxygens (including phenoxy) is 1. The second-order valence-corrected chi connectivity index (χ2v) is 9.42. The molecular formula is C21H31N3O2S. The highest BCUT2D eigenvalue weighted by molar-refractivity contribution is 7.19. The molecule has 2 aliphatic carbocycles. The average molecular weight is 390 g/mol. The zero-order valence-electron chi connectivity index (χ0n) is 16.7. The van der Waals surface area contributed by atoms with Crippen LogP contribution in [0, 0.1) is 0 Å². The Morgan fingerprint density at radius 1 is 1.26 bits per heavy atom. The quantitative estimate of drug-likeness (QED) is 0.805. The summed E-state index contributed by atoms with van der Waals surface area (Å²) in [7, 11) is 4.41. The molecule has 2 aromatic heterocycles. The summed E-state index contributed by atoms with van der Waals surface area (Å²) >= 11 is 1.78. The van der Waals surface area contributed by atoms with E-state index in [0.29, 0.717) is 11.5 Å². The van der Waals surface area contributed by atoms with E-state index in [-0.39, 0.29) is 12.7 Å². The van der Waals surface area contributed by atoms with Gasteiger partial charge in [-0.25, -0.2) is 9.97 Å². The largest absolute Gasteiger partial charge is 0.474 e. The molecule has 0 unspecified atom stereocenters. The van der Waals surface area contributed by atoms with Gasteiger partial charge in [0.15, 0.2) is 0 Å². The lowest BCUT2D eigenvalue weighted by Crippen LogP contribution is -2.48. The van der Waals surface area contributed by atoms with E-state index in [4.69, 9.17) is 4.74 Å². The van der Waals surface area contributed by atoms with Crippen LogP contribution in [0.3, 0.4) is 0 Å². The van der Waals surface area contributed by atoms with Crippen molar-refractivity contribution in [3.05, 3.63) is 16.8 Å². The molecule has 1 N–H and O–H groups in total. The normalized spacial score (nSPS) is 28.0. The van der Waals surface area contributed by atoms with Crippen LogP contribution < -0.4 is 4.74 Å². The summed E-state index contributed by atoms with van der Waals surface area (Å²) in [6.07, 6.45) is 10.6. The zero-order chi connectivity index (χ0) is 19.0. The van der Waals surface area contributed by atoms with Crippen molar-refractivity contribution in [1.29, 1.82) is 0 Å². The number of aliphatic hydroxyl groups is 1. The van der Waals surface area contributed by atoms with Crippen LogP contribution in [0.2, 0.25) is 0 Å².